The second kappa shape index (κ2) is 6.41. The van der Waals surface area contributed by atoms with E-state index in [9.17, 15) is 10.1 Å². The molecule has 0 saturated heterocycles. The topological polar surface area (TPSA) is 67.2 Å². The van der Waals surface area contributed by atoms with Crippen LogP contribution in [0.15, 0.2) is 66.7 Å². The third-order valence-corrected chi connectivity index (χ3v) is 3.55. The number of fused-ring (bicyclic) bond motifs is 1. The van der Waals surface area contributed by atoms with Gasteiger partial charge in [0.2, 0.25) is 0 Å². The first-order valence-corrected chi connectivity index (χ1v) is 7.34. The normalized spacial score (nSPS) is 10.3. The first kappa shape index (κ1) is 14.9. The van der Waals surface area contributed by atoms with Gasteiger partial charge >= 0.3 is 0 Å². The first-order valence-electron chi connectivity index (χ1n) is 6.93. The molecule has 3 aromatic rings. The molecule has 0 aliphatic carbocycles. The van der Waals surface area contributed by atoms with Crippen LogP contribution in [0.5, 0.6) is 0 Å². The molecule has 0 saturated carbocycles. The summed E-state index contributed by atoms with van der Waals surface area (Å²) in [5.74, 6) is 0. The zero-order valence-corrected chi connectivity index (χ0v) is 12.8. The quantitative estimate of drug-likeness (QED) is 0.420. The minimum atomic E-state index is -0.435. The maximum Gasteiger partial charge on any atom is 0.269 e. The van der Waals surface area contributed by atoms with Crippen molar-refractivity contribution in [2.24, 2.45) is 0 Å². The number of benzene rings is 3. The maximum atomic E-state index is 10.6. The summed E-state index contributed by atoms with van der Waals surface area (Å²) < 4.78 is 0. The van der Waals surface area contributed by atoms with Gasteiger partial charge in [-0.25, -0.2) is 0 Å². The summed E-state index contributed by atoms with van der Waals surface area (Å²) >= 11 is 5.27. The zero-order valence-electron chi connectivity index (χ0n) is 12.0. The van der Waals surface area contributed by atoms with Crippen LogP contribution in [-0.4, -0.2) is 10.0 Å². The second-order valence-corrected chi connectivity index (χ2v) is 5.35. The summed E-state index contributed by atoms with van der Waals surface area (Å²) in [6.45, 7) is 0. The lowest BCUT2D eigenvalue weighted by Crippen LogP contribution is -2.18. The van der Waals surface area contributed by atoms with Crippen molar-refractivity contribution in [3.63, 3.8) is 0 Å². The van der Waals surface area contributed by atoms with Crippen molar-refractivity contribution >= 4 is 45.2 Å². The number of thiocarbonyl (C=S) groups is 1. The minimum absolute atomic E-state index is 0.0453. The van der Waals surface area contributed by atoms with E-state index in [1.165, 1.54) is 12.1 Å². The number of anilines is 2. The number of nitrogens with one attached hydrogen (secondary N) is 2. The van der Waals surface area contributed by atoms with Gasteiger partial charge in [0.15, 0.2) is 5.11 Å². The van der Waals surface area contributed by atoms with Crippen LogP contribution in [0.3, 0.4) is 0 Å². The van der Waals surface area contributed by atoms with Crippen molar-refractivity contribution < 1.29 is 4.92 Å². The molecule has 0 aliphatic heterocycles. The predicted molar refractivity (Wildman–Crippen MR) is 96.9 cm³/mol. The van der Waals surface area contributed by atoms with Crippen LogP contribution in [0.2, 0.25) is 0 Å². The van der Waals surface area contributed by atoms with Gasteiger partial charge in [-0.15, -0.1) is 0 Å². The Morgan fingerprint density at radius 2 is 1.48 bits per heavy atom. The number of nitro benzene ring substituents is 1. The lowest BCUT2D eigenvalue weighted by Gasteiger charge is -2.11. The van der Waals surface area contributed by atoms with Gasteiger partial charge in [0.25, 0.3) is 5.69 Å². The molecule has 0 aromatic heterocycles. The molecule has 0 radical (unpaired) electrons. The molecular formula is C17H13N3O2S. The molecule has 114 valence electrons. The zero-order chi connectivity index (χ0) is 16.2. The molecule has 0 heterocycles. The highest BCUT2D eigenvalue weighted by Crippen LogP contribution is 2.20. The Labute approximate surface area is 138 Å². The lowest BCUT2D eigenvalue weighted by atomic mass is 10.1. The highest BCUT2D eigenvalue weighted by Gasteiger charge is 2.05. The van der Waals surface area contributed by atoms with Crippen molar-refractivity contribution in [3.8, 4) is 0 Å². The predicted octanol–water partition coefficient (Wildman–Crippen LogP) is 4.56. The Morgan fingerprint density at radius 3 is 2.17 bits per heavy atom. The molecule has 0 amide bonds. The fourth-order valence-corrected chi connectivity index (χ4v) is 2.46. The largest absolute Gasteiger partial charge is 0.332 e. The molecule has 3 rings (SSSR count). The van der Waals surface area contributed by atoms with E-state index in [1.54, 1.807) is 12.1 Å². The van der Waals surface area contributed by atoms with Gasteiger partial charge in [-0.1, -0.05) is 30.3 Å². The summed E-state index contributed by atoms with van der Waals surface area (Å²) in [5, 5.41) is 19.4. The van der Waals surface area contributed by atoms with E-state index in [0.29, 0.717) is 10.8 Å². The first-order chi connectivity index (χ1) is 11.1. The van der Waals surface area contributed by atoms with Crippen LogP contribution in [0, 0.1) is 10.1 Å². The number of non-ortho nitro benzene ring substituents is 1. The fourth-order valence-electron chi connectivity index (χ4n) is 2.23. The van der Waals surface area contributed by atoms with Crippen molar-refractivity contribution in [1.29, 1.82) is 0 Å². The second-order valence-electron chi connectivity index (χ2n) is 4.95. The van der Waals surface area contributed by atoms with Crippen molar-refractivity contribution in [2.45, 2.75) is 0 Å². The van der Waals surface area contributed by atoms with Gasteiger partial charge in [0.05, 0.1) is 4.92 Å². The number of hydrogen-bond acceptors (Lipinski definition) is 3. The van der Waals surface area contributed by atoms with Crippen molar-refractivity contribution in [1.82, 2.24) is 0 Å². The smallest absolute Gasteiger partial charge is 0.269 e. The third kappa shape index (κ3) is 3.61. The number of hydrogen-bond donors (Lipinski definition) is 2. The van der Waals surface area contributed by atoms with E-state index in [2.05, 4.69) is 10.6 Å². The summed E-state index contributed by atoms with van der Waals surface area (Å²) in [5.41, 5.74) is 1.61. The van der Waals surface area contributed by atoms with Crippen molar-refractivity contribution in [3.05, 3.63) is 76.8 Å². The summed E-state index contributed by atoms with van der Waals surface area (Å²) in [6, 6.07) is 20.1. The average molecular weight is 323 g/mol. The molecule has 2 N–H and O–H groups in total. The van der Waals surface area contributed by atoms with E-state index in [4.69, 9.17) is 12.2 Å². The SMILES string of the molecule is O=[N+]([O-])c1ccc(NC(=S)Nc2ccc3ccccc3c2)cc1. The monoisotopic (exact) mass is 323 g/mol. The van der Waals surface area contributed by atoms with E-state index >= 15 is 0 Å². The Balaban J connectivity index is 1.69. The van der Waals surface area contributed by atoms with Gasteiger partial charge in [0, 0.05) is 23.5 Å². The molecule has 23 heavy (non-hydrogen) atoms. The van der Waals surface area contributed by atoms with E-state index in [-0.39, 0.29) is 5.69 Å². The Bertz CT molecular complexity index is 878. The summed E-state index contributed by atoms with van der Waals surface area (Å²) in [6.07, 6.45) is 0. The molecule has 0 fully saturated rings. The Hall–Kier alpha value is -2.99. The van der Waals surface area contributed by atoms with E-state index in [0.717, 1.165) is 16.5 Å². The molecule has 0 aliphatic rings. The van der Waals surface area contributed by atoms with Crippen LogP contribution in [0.25, 0.3) is 10.8 Å². The van der Waals surface area contributed by atoms with E-state index < -0.39 is 4.92 Å². The van der Waals surface area contributed by atoms with Crippen LogP contribution in [-0.2, 0) is 0 Å². The lowest BCUT2D eigenvalue weighted by molar-refractivity contribution is -0.384. The molecule has 3 aromatic carbocycles. The highest BCUT2D eigenvalue weighted by molar-refractivity contribution is 7.80. The third-order valence-electron chi connectivity index (χ3n) is 3.34. The van der Waals surface area contributed by atoms with Crippen molar-refractivity contribution in [2.75, 3.05) is 10.6 Å². The molecule has 0 atom stereocenters. The van der Waals surface area contributed by atoms with Crippen LogP contribution >= 0.6 is 12.2 Å². The standard InChI is InChI=1S/C17H13N3O2S/c21-20(22)16-9-7-14(8-10-16)18-17(23)19-15-6-5-12-3-1-2-4-13(12)11-15/h1-11H,(H2,18,19,23). The van der Waals surface area contributed by atoms with Gasteiger partial charge in [0.1, 0.15) is 0 Å². The fraction of sp³-hybridized carbons (Fsp3) is 0. The van der Waals surface area contributed by atoms with Crippen LogP contribution < -0.4 is 10.6 Å². The summed E-state index contributed by atoms with van der Waals surface area (Å²) in [7, 11) is 0. The number of nitro groups is 1. The molecule has 0 spiro atoms. The van der Waals surface area contributed by atoms with E-state index in [1.807, 2.05) is 42.5 Å². The van der Waals surface area contributed by atoms with Crippen LogP contribution in [0.1, 0.15) is 0 Å². The average Bonchev–Trinajstić information content (AvgIpc) is 2.55. The van der Waals surface area contributed by atoms with Gasteiger partial charge in [-0.2, -0.15) is 0 Å². The summed E-state index contributed by atoms with van der Waals surface area (Å²) in [4.78, 5) is 10.2. The highest BCUT2D eigenvalue weighted by atomic mass is 32.1. The van der Waals surface area contributed by atoms with Gasteiger partial charge in [-0.3, -0.25) is 10.1 Å². The van der Waals surface area contributed by atoms with Gasteiger partial charge in [-0.05, 0) is 47.3 Å². The Morgan fingerprint density at radius 1 is 0.870 bits per heavy atom. The minimum Gasteiger partial charge on any atom is -0.332 e. The number of rotatable bonds is 3. The molecule has 6 heteroatoms. The molecular weight excluding hydrogens is 310 g/mol. The van der Waals surface area contributed by atoms with Gasteiger partial charge < -0.3 is 10.6 Å². The molecule has 0 bridgehead atoms. The van der Waals surface area contributed by atoms with Crippen LogP contribution in [0.4, 0.5) is 17.1 Å². The number of nitrogens with zero attached hydrogens (tertiary/aromatic N) is 1. The molecule has 5 nitrogen and oxygen atoms in total. The molecule has 0 unspecified atom stereocenters. The Kier molecular flexibility index (Phi) is 4.16. The maximum absolute atomic E-state index is 10.6.